The second-order valence-corrected chi connectivity index (χ2v) is 6.72. The van der Waals surface area contributed by atoms with Gasteiger partial charge in [0.1, 0.15) is 0 Å². The van der Waals surface area contributed by atoms with E-state index < -0.39 is 0 Å². The van der Waals surface area contributed by atoms with Crippen molar-refractivity contribution in [3.05, 3.63) is 68.8 Å². The number of hydrogen-bond acceptors (Lipinski definition) is 2. The van der Waals surface area contributed by atoms with E-state index in [0.717, 1.165) is 35.1 Å². The van der Waals surface area contributed by atoms with Crippen molar-refractivity contribution in [3.63, 3.8) is 0 Å². The third kappa shape index (κ3) is 3.71. The van der Waals surface area contributed by atoms with E-state index in [4.69, 9.17) is 0 Å². The minimum absolute atomic E-state index is 0.220. The Kier molecular flexibility index (Phi) is 4.70. The SMILES string of the molecule is O=C(CN1CCc2ccccc2CC1)c1ccc(I)cc1. The number of carbonyl (C=O) groups is 1. The van der Waals surface area contributed by atoms with Gasteiger partial charge in [-0.1, -0.05) is 36.4 Å². The fraction of sp³-hybridized carbons (Fsp3) is 0.278. The molecule has 21 heavy (non-hydrogen) atoms. The van der Waals surface area contributed by atoms with E-state index in [1.165, 1.54) is 11.1 Å². The van der Waals surface area contributed by atoms with Crippen LogP contribution < -0.4 is 0 Å². The third-order valence-electron chi connectivity index (χ3n) is 4.05. The molecule has 0 radical (unpaired) electrons. The van der Waals surface area contributed by atoms with Gasteiger partial charge in [0.2, 0.25) is 0 Å². The van der Waals surface area contributed by atoms with Crippen molar-refractivity contribution in [1.29, 1.82) is 0 Å². The van der Waals surface area contributed by atoms with E-state index in [9.17, 15) is 4.79 Å². The highest BCUT2D eigenvalue weighted by Crippen LogP contribution is 2.16. The van der Waals surface area contributed by atoms with E-state index in [-0.39, 0.29) is 5.78 Å². The number of benzene rings is 2. The predicted molar refractivity (Wildman–Crippen MR) is 93.8 cm³/mol. The van der Waals surface area contributed by atoms with E-state index in [0.29, 0.717) is 6.54 Å². The molecule has 2 aromatic carbocycles. The van der Waals surface area contributed by atoms with Gasteiger partial charge < -0.3 is 0 Å². The molecular formula is C18H18INO. The summed E-state index contributed by atoms with van der Waals surface area (Å²) in [5, 5.41) is 0. The summed E-state index contributed by atoms with van der Waals surface area (Å²) in [6.45, 7) is 2.45. The smallest absolute Gasteiger partial charge is 0.176 e. The summed E-state index contributed by atoms with van der Waals surface area (Å²) in [6.07, 6.45) is 2.08. The van der Waals surface area contributed by atoms with Gasteiger partial charge in [0.15, 0.2) is 5.78 Å². The molecule has 0 atom stereocenters. The number of halogens is 1. The van der Waals surface area contributed by atoms with Crippen LogP contribution in [0.2, 0.25) is 0 Å². The third-order valence-corrected chi connectivity index (χ3v) is 4.77. The zero-order valence-electron chi connectivity index (χ0n) is 11.9. The Balaban J connectivity index is 1.64. The quantitative estimate of drug-likeness (QED) is 0.589. The molecule has 1 heterocycles. The Morgan fingerprint density at radius 2 is 1.52 bits per heavy atom. The molecule has 1 aliphatic heterocycles. The fourth-order valence-electron chi connectivity index (χ4n) is 2.80. The maximum atomic E-state index is 12.4. The number of ketones is 1. The first-order valence-corrected chi connectivity index (χ1v) is 8.38. The lowest BCUT2D eigenvalue weighted by atomic mass is 10.0. The minimum atomic E-state index is 0.220. The van der Waals surface area contributed by atoms with Gasteiger partial charge in [-0.15, -0.1) is 0 Å². The van der Waals surface area contributed by atoms with Crippen molar-refractivity contribution < 1.29 is 4.79 Å². The molecule has 3 heteroatoms. The highest BCUT2D eigenvalue weighted by Gasteiger charge is 2.16. The monoisotopic (exact) mass is 391 g/mol. The van der Waals surface area contributed by atoms with E-state index >= 15 is 0 Å². The van der Waals surface area contributed by atoms with Crippen LogP contribution in [0.15, 0.2) is 48.5 Å². The average molecular weight is 391 g/mol. The van der Waals surface area contributed by atoms with Crippen LogP contribution in [0.4, 0.5) is 0 Å². The first kappa shape index (κ1) is 14.7. The summed E-state index contributed by atoms with van der Waals surface area (Å²) < 4.78 is 1.16. The summed E-state index contributed by atoms with van der Waals surface area (Å²) >= 11 is 2.26. The summed E-state index contributed by atoms with van der Waals surface area (Å²) in [5.74, 6) is 0.220. The lowest BCUT2D eigenvalue weighted by molar-refractivity contribution is 0.0933. The van der Waals surface area contributed by atoms with Gasteiger partial charge in [-0.25, -0.2) is 0 Å². The van der Waals surface area contributed by atoms with E-state index in [2.05, 4.69) is 51.8 Å². The molecule has 2 aromatic rings. The van der Waals surface area contributed by atoms with Crippen molar-refractivity contribution in [2.45, 2.75) is 12.8 Å². The molecule has 0 aromatic heterocycles. The summed E-state index contributed by atoms with van der Waals surface area (Å²) in [5.41, 5.74) is 3.68. The molecule has 3 rings (SSSR count). The molecule has 0 fully saturated rings. The van der Waals surface area contributed by atoms with Gasteiger partial charge in [-0.05, 0) is 58.7 Å². The molecule has 108 valence electrons. The number of nitrogens with zero attached hydrogens (tertiary/aromatic N) is 1. The van der Waals surface area contributed by atoms with Gasteiger partial charge in [0, 0.05) is 22.2 Å². The van der Waals surface area contributed by atoms with Crippen molar-refractivity contribution in [1.82, 2.24) is 4.90 Å². The number of fused-ring (bicyclic) bond motifs is 1. The van der Waals surface area contributed by atoms with Gasteiger partial charge in [-0.2, -0.15) is 0 Å². The van der Waals surface area contributed by atoms with Crippen LogP contribution in [0.25, 0.3) is 0 Å². The molecule has 0 unspecified atom stereocenters. The van der Waals surface area contributed by atoms with Crippen molar-refractivity contribution >= 4 is 28.4 Å². The zero-order chi connectivity index (χ0) is 14.7. The standard InChI is InChI=1S/C18H18INO/c19-17-7-5-16(6-8-17)18(21)13-20-11-9-14-3-1-2-4-15(14)10-12-20/h1-8H,9-13H2. The topological polar surface area (TPSA) is 20.3 Å². The lowest BCUT2D eigenvalue weighted by Crippen LogP contribution is -2.32. The molecule has 0 saturated heterocycles. The van der Waals surface area contributed by atoms with Crippen LogP contribution in [0.1, 0.15) is 21.5 Å². The maximum Gasteiger partial charge on any atom is 0.176 e. The molecule has 0 N–H and O–H groups in total. The van der Waals surface area contributed by atoms with Crippen LogP contribution in [-0.4, -0.2) is 30.3 Å². The Morgan fingerprint density at radius 1 is 0.952 bits per heavy atom. The van der Waals surface area contributed by atoms with Crippen molar-refractivity contribution in [2.75, 3.05) is 19.6 Å². The Bertz CT molecular complexity index is 609. The van der Waals surface area contributed by atoms with Crippen LogP contribution in [-0.2, 0) is 12.8 Å². The van der Waals surface area contributed by atoms with Crippen LogP contribution in [0.5, 0.6) is 0 Å². The van der Waals surface area contributed by atoms with Gasteiger partial charge in [-0.3, -0.25) is 9.69 Å². The molecule has 0 spiro atoms. The Morgan fingerprint density at radius 3 is 2.10 bits per heavy atom. The highest BCUT2D eigenvalue weighted by atomic mass is 127. The van der Waals surface area contributed by atoms with Crippen molar-refractivity contribution in [2.24, 2.45) is 0 Å². The van der Waals surface area contributed by atoms with Crippen LogP contribution >= 0.6 is 22.6 Å². The van der Waals surface area contributed by atoms with Crippen LogP contribution in [0, 0.1) is 3.57 Å². The first-order chi connectivity index (χ1) is 10.2. The Hall–Kier alpha value is -1.20. The fourth-order valence-corrected chi connectivity index (χ4v) is 3.16. The molecular weight excluding hydrogens is 373 g/mol. The largest absolute Gasteiger partial charge is 0.295 e. The summed E-state index contributed by atoms with van der Waals surface area (Å²) in [7, 11) is 0. The Labute approximate surface area is 139 Å². The summed E-state index contributed by atoms with van der Waals surface area (Å²) in [6, 6.07) is 16.5. The molecule has 0 aliphatic carbocycles. The number of hydrogen-bond donors (Lipinski definition) is 0. The van der Waals surface area contributed by atoms with Gasteiger partial charge in [0.25, 0.3) is 0 Å². The second kappa shape index (κ2) is 6.71. The number of Topliss-reactive ketones (excluding diaryl/α,β-unsaturated/α-hetero) is 1. The molecule has 0 amide bonds. The molecule has 0 bridgehead atoms. The summed E-state index contributed by atoms with van der Waals surface area (Å²) in [4.78, 5) is 14.6. The second-order valence-electron chi connectivity index (χ2n) is 5.47. The minimum Gasteiger partial charge on any atom is -0.295 e. The predicted octanol–water partition coefficient (Wildman–Crippen LogP) is 3.57. The van der Waals surface area contributed by atoms with E-state index in [1.807, 2.05) is 24.3 Å². The zero-order valence-corrected chi connectivity index (χ0v) is 14.0. The molecule has 0 saturated carbocycles. The first-order valence-electron chi connectivity index (χ1n) is 7.30. The molecule has 2 nitrogen and oxygen atoms in total. The normalized spacial score (nSPS) is 15.3. The average Bonchev–Trinajstić information content (AvgIpc) is 2.71. The maximum absolute atomic E-state index is 12.4. The molecule has 1 aliphatic rings. The van der Waals surface area contributed by atoms with E-state index in [1.54, 1.807) is 0 Å². The highest BCUT2D eigenvalue weighted by molar-refractivity contribution is 14.1. The lowest BCUT2D eigenvalue weighted by Gasteiger charge is -2.18. The van der Waals surface area contributed by atoms with Crippen molar-refractivity contribution in [3.8, 4) is 0 Å². The van der Waals surface area contributed by atoms with Gasteiger partial charge in [0.05, 0.1) is 6.54 Å². The number of carbonyl (C=O) groups excluding carboxylic acids is 1. The van der Waals surface area contributed by atoms with Gasteiger partial charge >= 0.3 is 0 Å². The van der Waals surface area contributed by atoms with Crippen LogP contribution in [0.3, 0.4) is 0 Å². The number of rotatable bonds is 3.